The van der Waals surface area contributed by atoms with E-state index in [1.165, 1.54) is 23.4 Å². The lowest BCUT2D eigenvalue weighted by atomic mass is 9.96. The van der Waals surface area contributed by atoms with Crippen LogP contribution in [0.15, 0.2) is 49.1 Å². The summed E-state index contributed by atoms with van der Waals surface area (Å²) in [6.07, 6.45) is -3.25. The lowest BCUT2D eigenvalue weighted by Gasteiger charge is -2.28. The number of hydrogen-bond donors (Lipinski definition) is 4. The van der Waals surface area contributed by atoms with E-state index in [-0.39, 0.29) is 27.8 Å². The van der Waals surface area contributed by atoms with Gasteiger partial charge in [0.15, 0.2) is 29.5 Å². The number of carboxylic acid groups (broad SMARTS) is 2. The molecule has 2 aliphatic rings. The Morgan fingerprint density at radius 2 is 1.93 bits per heavy atom. The van der Waals surface area contributed by atoms with Gasteiger partial charge in [0.25, 0.3) is 5.60 Å². The van der Waals surface area contributed by atoms with Crippen molar-refractivity contribution in [2.45, 2.75) is 48.8 Å². The first kappa shape index (κ1) is 26.1. The third-order valence-electron chi connectivity index (χ3n) is 7.10. The van der Waals surface area contributed by atoms with Crippen molar-refractivity contribution in [1.82, 2.24) is 29.3 Å². The van der Waals surface area contributed by atoms with E-state index in [0.717, 1.165) is 10.1 Å². The first-order valence-corrected chi connectivity index (χ1v) is 12.3. The molecule has 6 rings (SSSR count). The number of aromatic nitrogens is 6. The number of ether oxygens (including phenoxy) is 2. The molecule has 0 radical (unpaired) electrons. The molecule has 0 amide bonds. The Balaban J connectivity index is 1.22. The number of aliphatic hydroxyl groups is 1. The minimum atomic E-state index is -2.86. The van der Waals surface area contributed by atoms with Crippen molar-refractivity contribution >= 4 is 40.5 Å². The Morgan fingerprint density at radius 3 is 2.58 bits per heavy atom. The normalized spacial score (nSPS) is 25.7. The number of nitrogens with two attached hydrogens (primary N) is 1. The predicted molar refractivity (Wildman–Crippen MR) is 133 cm³/mol. The fraction of sp³-hybridized carbons (Fsp3) is 0.333. The van der Waals surface area contributed by atoms with Crippen LogP contribution in [-0.4, -0.2) is 86.1 Å². The molecule has 40 heavy (non-hydrogen) atoms. The summed E-state index contributed by atoms with van der Waals surface area (Å²) in [7, 11) is 0. The molecule has 3 aromatic heterocycles. The van der Waals surface area contributed by atoms with Gasteiger partial charge in [0.1, 0.15) is 17.7 Å². The molecule has 4 aromatic rings. The third kappa shape index (κ3) is 3.97. The zero-order valence-corrected chi connectivity index (χ0v) is 21.1. The van der Waals surface area contributed by atoms with E-state index in [4.69, 9.17) is 26.8 Å². The lowest BCUT2D eigenvalue weighted by Crippen LogP contribution is -2.53. The second kappa shape index (κ2) is 9.19. The molecule has 4 heterocycles. The molecule has 1 saturated carbocycles. The number of nitrogen functional groups attached to an aromatic ring is 1. The monoisotopic (exact) mass is 573 g/mol. The summed E-state index contributed by atoms with van der Waals surface area (Å²) in [6, 6.07) is 9.31. The molecule has 1 unspecified atom stereocenters. The number of imidazole rings is 1. The quantitative estimate of drug-likeness (QED) is 0.162. The molecule has 14 nitrogen and oxygen atoms in total. The number of carbonyl (C=O) groups is 2. The summed E-state index contributed by atoms with van der Waals surface area (Å²) in [5.41, 5.74) is 1.93. The SMILES string of the molecule is Nc1nc(Cl)nc2c1ncn2[C@@H]1O[C@@H]2C(OC(Cc3cnn(Cc4ccccc4)c3)(C(=O)O)C(=O)O)[C@]2(O)[C@@H]1F. The molecule has 1 aliphatic carbocycles. The van der Waals surface area contributed by atoms with Crippen LogP contribution in [0.5, 0.6) is 0 Å². The van der Waals surface area contributed by atoms with Crippen LogP contribution >= 0.6 is 11.6 Å². The van der Waals surface area contributed by atoms with Gasteiger partial charge in [0.2, 0.25) is 5.28 Å². The smallest absolute Gasteiger partial charge is 0.348 e. The second-order valence-corrected chi connectivity index (χ2v) is 9.96. The number of hydrogen-bond acceptors (Lipinski definition) is 10. The van der Waals surface area contributed by atoms with Crippen LogP contribution in [0.4, 0.5) is 10.2 Å². The number of alkyl halides is 1. The summed E-state index contributed by atoms with van der Waals surface area (Å²) in [4.78, 5) is 36.4. The van der Waals surface area contributed by atoms with Crippen LogP contribution in [0, 0.1) is 0 Å². The lowest BCUT2D eigenvalue weighted by molar-refractivity contribution is -0.194. The minimum absolute atomic E-state index is 0.0467. The number of benzene rings is 1. The fourth-order valence-corrected chi connectivity index (χ4v) is 5.15. The number of rotatable bonds is 9. The molecule has 16 heteroatoms. The zero-order valence-electron chi connectivity index (χ0n) is 20.3. The average molecular weight is 574 g/mol. The maximum atomic E-state index is 15.6. The van der Waals surface area contributed by atoms with Crippen molar-refractivity contribution in [3.63, 3.8) is 0 Å². The van der Waals surface area contributed by atoms with E-state index in [0.29, 0.717) is 6.54 Å². The average Bonchev–Trinajstić information content (AvgIpc) is 3.31. The molecule has 0 bridgehead atoms. The van der Waals surface area contributed by atoms with Gasteiger partial charge in [0, 0.05) is 12.6 Å². The van der Waals surface area contributed by atoms with Gasteiger partial charge in [0.05, 0.1) is 19.1 Å². The molecular weight excluding hydrogens is 553 g/mol. The minimum Gasteiger partial charge on any atom is -0.479 e. The summed E-state index contributed by atoms with van der Waals surface area (Å²) in [6.45, 7) is 0.364. The van der Waals surface area contributed by atoms with E-state index >= 15 is 4.39 Å². The topological polar surface area (TPSA) is 201 Å². The molecule has 208 valence electrons. The van der Waals surface area contributed by atoms with Crippen molar-refractivity contribution in [2.75, 3.05) is 5.73 Å². The van der Waals surface area contributed by atoms with Gasteiger partial charge >= 0.3 is 11.9 Å². The predicted octanol–water partition coefficient (Wildman–Crippen LogP) is 0.823. The molecule has 0 spiro atoms. The van der Waals surface area contributed by atoms with Crippen LogP contribution in [0.2, 0.25) is 5.28 Å². The van der Waals surface area contributed by atoms with E-state index in [9.17, 15) is 24.9 Å². The first-order chi connectivity index (χ1) is 19.0. The third-order valence-corrected chi connectivity index (χ3v) is 7.27. The maximum Gasteiger partial charge on any atom is 0.348 e. The van der Waals surface area contributed by atoms with Gasteiger partial charge in [-0.2, -0.15) is 15.1 Å². The van der Waals surface area contributed by atoms with Crippen LogP contribution in [-0.2, 0) is 32.0 Å². The Kier molecular flexibility index (Phi) is 5.99. The van der Waals surface area contributed by atoms with E-state index in [1.54, 1.807) is 0 Å². The largest absolute Gasteiger partial charge is 0.479 e. The highest BCUT2D eigenvalue weighted by molar-refractivity contribution is 6.28. The molecule has 5 N–H and O–H groups in total. The molecule has 1 saturated heterocycles. The van der Waals surface area contributed by atoms with E-state index in [2.05, 4.69) is 20.1 Å². The Morgan fingerprint density at radius 1 is 1.20 bits per heavy atom. The van der Waals surface area contributed by atoms with Crippen LogP contribution in [0.25, 0.3) is 11.2 Å². The van der Waals surface area contributed by atoms with Crippen LogP contribution in [0.3, 0.4) is 0 Å². The van der Waals surface area contributed by atoms with Gasteiger partial charge in [-0.15, -0.1) is 0 Å². The number of aliphatic carboxylic acids is 2. The fourth-order valence-electron chi connectivity index (χ4n) is 4.98. The first-order valence-electron chi connectivity index (χ1n) is 11.9. The van der Waals surface area contributed by atoms with Gasteiger partial charge in [-0.05, 0) is 22.7 Å². The number of anilines is 1. The Bertz CT molecular complexity index is 1620. The van der Waals surface area contributed by atoms with Gasteiger partial charge in [-0.1, -0.05) is 30.3 Å². The Hall–Kier alpha value is -4.18. The van der Waals surface area contributed by atoms with Crippen molar-refractivity contribution in [3.8, 4) is 0 Å². The van der Waals surface area contributed by atoms with Crippen molar-refractivity contribution in [2.24, 2.45) is 0 Å². The van der Waals surface area contributed by atoms with E-state index < -0.39 is 54.2 Å². The summed E-state index contributed by atoms with van der Waals surface area (Å²) in [5.74, 6) is -3.72. The Labute approximate surface area is 228 Å². The highest BCUT2D eigenvalue weighted by atomic mass is 35.5. The van der Waals surface area contributed by atoms with E-state index in [1.807, 2.05) is 30.3 Å². The number of carboxylic acids is 2. The maximum absolute atomic E-state index is 15.6. The number of halogens is 2. The molecular formula is C24H21ClFN7O7. The molecule has 1 aromatic carbocycles. The van der Waals surface area contributed by atoms with Crippen molar-refractivity contribution < 1.29 is 38.8 Å². The van der Waals surface area contributed by atoms with Gasteiger partial charge < -0.3 is 30.5 Å². The van der Waals surface area contributed by atoms with Crippen molar-refractivity contribution in [3.05, 3.63) is 65.5 Å². The molecule has 1 aliphatic heterocycles. The summed E-state index contributed by atoms with van der Waals surface area (Å²) < 4.78 is 29.5. The summed E-state index contributed by atoms with van der Waals surface area (Å²) >= 11 is 5.86. The van der Waals surface area contributed by atoms with Crippen LogP contribution < -0.4 is 5.73 Å². The van der Waals surface area contributed by atoms with Crippen LogP contribution in [0.1, 0.15) is 17.4 Å². The summed E-state index contributed by atoms with van der Waals surface area (Å²) in [5, 5.41) is 34.9. The second-order valence-electron chi connectivity index (χ2n) is 9.62. The number of nitrogens with zero attached hydrogens (tertiary/aromatic N) is 6. The number of fused-ring (bicyclic) bond motifs is 2. The highest BCUT2D eigenvalue weighted by Gasteiger charge is 2.80. The highest BCUT2D eigenvalue weighted by Crippen LogP contribution is 2.58. The molecule has 2 fully saturated rings. The van der Waals surface area contributed by atoms with Gasteiger partial charge in [-0.3, -0.25) is 9.25 Å². The zero-order chi connectivity index (χ0) is 28.4. The van der Waals surface area contributed by atoms with Gasteiger partial charge in [-0.25, -0.2) is 19.0 Å². The molecule has 5 atom stereocenters. The standard InChI is InChI=1S/C24H21ClFN7O7/c25-22-30-17(27)13-18(31-22)33(10-28-13)19-14(26)24(38)15(39-19)16(24)40-23(20(34)35,21(36)37)6-12-7-29-32(9-12)8-11-4-2-1-3-5-11/h1-5,7,9-10,14-16,19,38H,6,8H2,(H,34,35)(H,36,37)(H2,27,30,31)/t14-,15-,16?,19-,24+/m1/s1. The van der Waals surface area contributed by atoms with Crippen molar-refractivity contribution in [1.29, 1.82) is 0 Å².